The van der Waals surface area contributed by atoms with Gasteiger partial charge in [-0.15, -0.1) is 24.8 Å². The molecule has 8 heteroatoms. The van der Waals surface area contributed by atoms with Crippen molar-refractivity contribution in [2.24, 2.45) is 5.73 Å². The van der Waals surface area contributed by atoms with Crippen molar-refractivity contribution in [1.82, 2.24) is 9.80 Å². The van der Waals surface area contributed by atoms with Crippen LogP contribution in [0.25, 0.3) is 0 Å². The second-order valence-electron chi connectivity index (χ2n) is 6.33. The maximum Gasteiger partial charge on any atom is 0.242 e. The molecular weight excluding hydrogens is 359 g/mol. The van der Waals surface area contributed by atoms with Gasteiger partial charge in [-0.3, -0.25) is 9.69 Å². The second-order valence-corrected chi connectivity index (χ2v) is 6.33. The first-order chi connectivity index (χ1) is 10.4. The third-order valence-electron chi connectivity index (χ3n) is 4.78. The number of carbonyl (C=O) groups is 1. The highest BCUT2D eigenvalue weighted by Crippen LogP contribution is 2.34. The molecule has 1 aromatic rings. The van der Waals surface area contributed by atoms with Crippen molar-refractivity contribution >= 4 is 30.7 Å². The normalized spacial score (nSPS) is 20.6. The van der Waals surface area contributed by atoms with Crippen LogP contribution in [0.2, 0.25) is 0 Å². The number of benzene rings is 1. The number of halogens is 4. The van der Waals surface area contributed by atoms with Gasteiger partial charge in [0.25, 0.3) is 0 Å². The number of amides is 1. The largest absolute Gasteiger partial charge is 0.339 e. The first kappa shape index (κ1) is 21.1. The van der Waals surface area contributed by atoms with Crippen LogP contribution >= 0.6 is 24.8 Å². The molecule has 24 heavy (non-hydrogen) atoms. The van der Waals surface area contributed by atoms with Crippen LogP contribution in [-0.2, 0) is 4.79 Å². The Morgan fingerprint density at radius 3 is 2.25 bits per heavy atom. The molecule has 3 rings (SSSR count). The van der Waals surface area contributed by atoms with Gasteiger partial charge in [-0.25, -0.2) is 8.78 Å². The monoisotopic (exact) mass is 381 g/mol. The van der Waals surface area contributed by atoms with Crippen molar-refractivity contribution in [2.75, 3.05) is 26.2 Å². The number of hydrogen-bond acceptors (Lipinski definition) is 3. The van der Waals surface area contributed by atoms with E-state index in [1.165, 1.54) is 12.1 Å². The van der Waals surface area contributed by atoms with E-state index >= 15 is 0 Å². The number of carbonyl (C=O) groups excluding carboxylic acids is 1. The summed E-state index contributed by atoms with van der Waals surface area (Å²) in [5, 5.41) is 0. The number of piperazine rings is 1. The Morgan fingerprint density at radius 1 is 1.17 bits per heavy atom. The number of nitrogens with two attached hydrogens (primary N) is 1. The van der Waals surface area contributed by atoms with E-state index < -0.39 is 17.2 Å². The lowest BCUT2D eigenvalue weighted by atomic mass is 10.0. The van der Waals surface area contributed by atoms with Crippen LogP contribution in [0, 0.1) is 11.6 Å². The molecule has 0 bridgehead atoms. The summed E-state index contributed by atoms with van der Waals surface area (Å²) in [6, 6.07) is 3.54. The fourth-order valence-corrected chi connectivity index (χ4v) is 3.01. The summed E-state index contributed by atoms with van der Waals surface area (Å²) in [6.07, 6.45) is 1.53. The van der Waals surface area contributed by atoms with Crippen molar-refractivity contribution in [3.05, 3.63) is 35.4 Å². The van der Waals surface area contributed by atoms with Gasteiger partial charge in [-0.1, -0.05) is 6.07 Å². The van der Waals surface area contributed by atoms with Gasteiger partial charge in [0.2, 0.25) is 5.91 Å². The molecule has 1 heterocycles. The summed E-state index contributed by atoms with van der Waals surface area (Å²) in [5.74, 6) is -1.06. The van der Waals surface area contributed by atoms with Crippen LogP contribution in [0.5, 0.6) is 0 Å². The lowest BCUT2D eigenvalue weighted by Crippen LogP contribution is -2.54. The molecular formula is C16H23Cl2F2N3O. The van der Waals surface area contributed by atoms with Crippen LogP contribution in [0.15, 0.2) is 18.2 Å². The number of rotatable bonds is 3. The Hall–Kier alpha value is -0.950. The molecule has 1 unspecified atom stereocenters. The predicted molar refractivity (Wildman–Crippen MR) is 93.6 cm³/mol. The zero-order valence-electron chi connectivity index (χ0n) is 13.5. The molecule has 2 N–H and O–H groups in total. The topological polar surface area (TPSA) is 49.6 Å². The number of nitrogens with zero attached hydrogens (tertiary/aromatic N) is 2. The third kappa shape index (κ3) is 4.17. The zero-order valence-corrected chi connectivity index (χ0v) is 15.1. The van der Waals surface area contributed by atoms with Crippen LogP contribution in [0.3, 0.4) is 0 Å². The molecule has 4 nitrogen and oxygen atoms in total. The molecule has 136 valence electrons. The summed E-state index contributed by atoms with van der Waals surface area (Å²) in [5.41, 5.74) is 5.81. The molecule has 1 saturated carbocycles. The molecule has 2 aliphatic rings. The maximum atomic E-state index is 13.9. The minimum Gasteiger partial charge on any atom is -0.339 e. The zero-order chi connectivity index (χ0) is 15.9. The van der Waals surface area contributed by atoms with Gasteiger partial charge in [0.05, 0.1) is 5.54 Å². The molecule has 0 aromatic heterocycles. The Kier molecular flexibility index (Phi) is 6.99. The highest BCUT2D eigenvalue weighted by atomic mass is 35.5. The fraction of sp³-hybridized carbons (Fsp3) is 0.562. The minimum absolute atomic E-state index is 0. The first-order valence-corrected chi connectivity index (χ1v) is 7.68. The van der Waals surface area contributed by atoms with Crippen molar-refractivity contribution in [2.45, 2.75) is 31.3 Å². The van der Waals surface area contributed by atoms with Gasteiger partial charge in [0.15, 0.2) is 0 Å². The summed E-state index contributed by atoms with van der Waals surface area (Å²) >= 11 is 0. The molecule has 1 saturated heterocycles. The fourth-order valence-electron chi connectivity index (χ4n) is 3.01. The number of hydrogen-bond donors (Lipinski definition) is 1. The van der Waals surface area contributed by atoms with E-state index in [1.807, 2.05) is 6.92 Å². The second kappa shape index (κ2) is 7.95. The standard InChI is InChI=1S/C16H21F2N3O.2ClH/c1-11(13-3-2-12(17)10-14(13)18)20-6-8-21(9-7-20)15(22)16(19)4-5-16;;/h2-3,10-11H,4-9,19H2,1H3;2*1H. The molecule has 1 aliphatic heterocycles. The minimum atomic E-state index is -0.628. The van der Waals surface area contributed by atoms with Crippen LogP contribution in [0.4, 0.5) is 8.78 Å². The van der Waals surface area contributed by atoms with E-state index in [2.05, 4.69) is 4.90 Å². The SMILES string of the molecule is CC(c1ccc(F)cc1F)N1CCN(C(=O)C2(N)CC2)CC1.Cl.Cl. The molecule has 1 aromatic carbocycles. The van der Waals surface area contributed by atoms with E-state index in [9.17, 15) is 13.6 Å². The summed E-state index contributed by atoms with van der Waals surface area (Å²) in [4.78, 5) is 16.1. The van der Waals surface area contributed by atoms with E-state index in [-0.39, 0.29) is 36.8 Å². The van der Waals surface area contributed by atoms with Crippen LogP contribution < -0.4 is 5.73 Å². The lowest BCUT2D eigenvalue weighted by Gasteiger charge is -2.39. The Bertz CT molecular complexity index is 591. The van der Waals surface area contributed by atoms with Gasteiger partial charge < -0.3 is 10.6 Å². The highest BCUT2D eigenvalue weighted by Gasteiger charge is 2.48. The highest BCUT2D eigenvalue weighted by molar-refractivity contribution is 5.89. The van der Waals surface area contributed by atoms with Crippen molar-refractivity contribution in [1.29, 1.82) is 0 Å². The van der Waals surface area contributed by atoms with Crippen LogP contribution in [-0.4, -0.2) is 47.4 Å². The predicted octanol–water partition coefficient (Wildman–Crippen LogP) is 2.50. The molecule has 2 fully saturated rings. The smallest absolute Gasteiger partial charge is 0.242 e. The Labute approximate surface area is 153 Å². The van der Waals surface area contributed by atoms with Crippen molar-refractivity contribution in [3.63, 3.8) is 0 Å². The lowest BCUT2D eigenvalue weighted by molar-refractivity contribution is -0.135. The Morgan fingerprint density at radius 2 is 1.75 bits per heavy atom. The van der Waals surface area contributed by atoms with Gasteiger partial charge in [0, 0.05) is 43.9 Å². The molecule has 1 aliphatic carbocycles. The summed E-state index contributed by atoms with van der Waals surface area (Å²) in [7, 11) is 0. The average molecular weight is 382 g/mol. The average Bonchev–Trinajstić information content (AvgIpc) is 3.25. The van der Waals surface area contributed by atoms with Crippen molar-refractivity contribution in [3.8, 4) is 0 Å². The van der Waals surface area contributed by atoms with Gasteiger partial charge >= 0.3 is 0 Å². The van der Waals surface area contributed by atoms with Crippen LogP contribution in [0.1, 0.15) is 31.4 Å². The molecule has 0 radical (unpaired) electrons. The van der Waals surface area contributed by atoms with Crippen molar-refractivity contribution < 1.29 is 13.6 Å². The first-order valence-electron chi connectivity index (χ1n) is 7.68. The molecule has 1 atom stereocenters. The van der Waals surface area contributed by atoms with E-state index in [1.54, 1.807) is 4.90 Å². The molecule has 0 spiro atoms. The van der Waals surface area contributed by atoms with Gasteiger partial charge in [0.1, 0.15) is 11.6 Å². The third-order valence-corrected chi connectivity index (χ3v) is 4.78. The van der Waals surface area contributed by atoms with E-state index in [0.29, 0.717) is 31.7 Å². The van der Waals surface area contributed by atoms with E-state index in [4.69, 9.17) is 5.73 Å². The van der Waals surface area contributed by atoms with Gasteiger partial charge in [-0.2, -0.15) is 0 Å². The summed E-state index contributed by atoms with van der Waals surface area (Å²) < 4.78 is 26.9. The quantitative estimate of drug-likeness (QED) is 0.874. The van der Waals surface area contributed by atoms with Gasteiger partial charge in [-0.05, 0) is 25.8 Å². The molecule has 1 amide bonds. The Balaban J connectivity index is 0.00000144. The van der Waals surface area contributed by atoms with E-state index in [0.717, 1.165) is 18.9 Å². The summed E-state index contributed by atoms with van der Waals surface area (Å²) in [6.45, 7) is 4.44. The maximum absolute atomic E-state index is 13.9.